The third kappa shape index (κ3) is 2.61. The van der Waals surface area contributed by atoms with E-state index in [0.29, 0.717) is 22.5 Å². The van der Waals surface area contributed by atoms with Crippen LogP contribution in [0.2, 0.25) is 10.0 Å². The lowest BCUT2D eigenvalue weighted by atomic mass is 9.95. The highest BCUT2D eigenvalue weighted by Gasteiger charge is 2.31. The fraction of sp³-hybridized carbons (Fsp3) is 0.375. The van der Waals surface area contributed by atoms with Crippen LogP contribution in [0.15, 0.2) is 18.5 Å². The number of rotatable bonds is 4. The van der Waals surface area contributed by atoms with Gasteiger partial charge in [0.1, 0.15) is 12.1 Å². The monoisotopic (exact) mass is 338 g/mol. The zero-order valence-corrected chi connectivity index (χ0v) is 13.9. The SMILES string of the molecule is CCOc1ncnc2c1CC(c1c(OC)ccc(Cl)c1Cl)C2. The van der Waals surface area contributed by atoms with E-state index in [0.717, 1.165) is 35.4 Å². The Morgan fingerprint density at radius 1 is 1.23 bits per heavy atom. The first-order valence-corrected chi connectivity index (χ1v) is 7.88. The summed E-state index contributed by atoms with van der Waals surface area (Å²) in [5.74, 6) is 1.57. The predicted octanol–water partition coefficient (Wildman–Crippen LogP) is 4.07. The van der Waals surface area contributed by atoms with Gasteiger partial charge in [-0.2, -0.15) is 0 Å². The molecule has 0 spiro atoms. The van der Waals surface area contributed by atoms with E-state index in [1.54, 1.807) is 19.5 Å². The van der Waals surface area contributed by atoms with Gasteiger partial charge in [0.15, 0.2) is 0 Å². The molecule has 1 unspecified atom stereocenters. The molecule has 0 bridgehead atoms. The van der Waals surface area contributed by atoms with Crippen molar-refractivity contribution in [3.05, 3.63) is 45.3 Å². The maximum absolute atomic E-state index is 6.42. The van der Waals surface area contributed by atoms with Crippen LogP contribution in [-0.2, 0) is 12.8 Å². The molecule has 1 aliphatic rings. The van der Waals surface area contributed by atoms with Gasteiger partial charge in [-0.25, -0.2) is 9.97 Å². The van der Waals surface area contributed by atoms with Crippen molar-refractivity contribution in [1.29, 1.82) is 0 Å². The van der Waals surface area contributed by atoms with E-state index in [-0.39, 0.29) is 5.92 Å². The molecule has 3 rings (SSSR count). The Balaban J connectivity index is 2.00. The molecule has 0 saturated carbocycles. The van der Waals surface area contributed by atoms with E-state index in [4.69, 9.17) is 32.7 Å². The number of halogens is 2. The average Bonchev–Trinajstić information content (AvgIpc) is 2.94. The van der Waals surface area contributed by atoms with E-state index in [1.807, 2.05) is 13.0 Å². The summed E-state index contributed by atoms with van der Waals surface area (Å²) in [5, 5.41) is 1.08. The summed E-state index contributed by atoms with van der Waals surface area (Å²) in [7, 11) is 1.64. The van der Waals surface area contributed by atoms with E-state index in [9.17, 15) is 0 Å². The van der Waals surface area contributed by atoms with E-state index < -0.39 is 0 Å². The number of hydrogen-bond acceptors (Lipinski definition) is 4. The van der Waals surface area contributed by atoms with Crippen molar-refractivity contribution < 1.29 is 9.47 Å². The summed E-state index contributed by atoms with van der Waals surface area (Å²) in [6.07, 6.45) is 3.08. The van der Waals surface area contributed by atoms with Crippen LogP contribution in [0.3, 0.4) is 0 Å². The fourth-order valence-corrected chi connectivity index (χ4v) is 3.41. The van der Waals surface area contributed by atoms with Gasteiger partial charge in [0.05, 0.1) is 29.5 Å². The van der Waals surface area contributed by atoms with Crippen LogP contribution in [0.4, 0.5) is 0 Å². The van der Waals surface area contributed by atoms with Crippen LogP contribution in [0.25, 0.3) is 0 Å². The van der Waals surface area contributed by atoms with Crippen molar-refractivity contribution in [3.8, 4) is 11.6 Å². The summed E-state index contributed by atoms with van der Waals surface area (Å²) in [6.45, 7) is 2.52. The normalized spacial score (nSPS) is 16.5. The topological polar surface area (TPSA) is 44.2 Å². The van der Waals surface area contributed by atoms with Gasteiger partial charge >= 0.3 is 0 Å². The molecule has 1 aromatic carbocycles. The number of benzene rings is 1. The van der Waals surface area contributed by atoms with Gasteiger partial charge in [-0.1, -0.05) is 23.2 Å². The third-order valence-electron chi connectivity index (χ3n) is 3.89. The molecule has 1 atom stereocenters. The van der Waals surface area contributed by atoms with Crippen LogP contribution < -0.4 is 9.47 Å². The second-order valence-corrected chi connectivity index (χ2v) is 5.90. The largest absolute Gasteiger partial charge is 0.496 e. The molecule has 1 aliphatic carbocycles. The van der Waals surface area contributed by atoms with Gasteiger partial charge in [0, 0.05) is 11.1 Å². The summed E-state index contributed by atoms with van der Waals surface area (Å²) in [4.78, 5) is 8.60. The predicted molar refractivity (Wildman–Crippen MR) is 86.4 cm³/mol. The van der Waals surface area contributed by atoms with Gasteiger partial charge in [-0.15, -0.1) is 0 Å². The standard InChI is InChI=1S/C16H16Cl2N2O2/c1-3-22-16-10-6-9(7-12(10)19-8-20-16)14-13(21-2)5-4-11(17)15(14)18/h4-5,8-9H,3,6-7H2,1-2H3. The number of aromatic nitrogens is 2. The van der Waals surface area contributed by atoms with Gasteiger partial charge < -0.3 is 9.47 Å². The molecule has 0 N–H and O–H groups in total. The second-order valence-electron chi connectivity index (χ2n) is 5.12. The second kappa shape index (κ2) is 6.31. The molecule has 116 valence electrons. The van der Waals surface area contributed by atoms with Crippen molar-refractivity contribution >= 4 is 23.2 Å². The molecular formula is C16H16Cl2N2O2. The Morgan fingerprint density at radius 2 is 2.05 bits per heavy atom. The minimum Gasteiger partial charge on any atom is -0.496 e. The minimum atomic E-state index is 0.159. The molecule has 0 fully saturated rings. The van der Waals surface area contributed by atoms with E-state index in [2.05, 4.69) is 9.97 Å². The summed E-state index contributed by atoms with van der Waals surface area (Å²) < 4.78 is 11.1. The molecule has 2 aromatic rings. The smallest absolute Gasteiger partial charge is 0.219 e. The van der Waals surface area contributed by atoms with E-state index in [1.165, 1.54) is 0 Å². The van der Waals surface area contributed by atoms with Gasteiger partial charge in [-0.05, 0) is 37.8 Å². The Morgan fingerprint density at radius 3 is 2.77 bits per heavy atom. The van der Waals surface area contributed by atoms with Crippen molar-refractivity contribution in [1.82, 2.24) is 9.97 Å². The maximum Gasteiger partial charge on any atom is 0.219 e. The molecule has 1 aromatic heterocycles. The number of hydrogen-bond donors (Lipinski definition) is 0. The van der Waals surface area contributed by atoms with Crippen molar-refractivity contribution in [2.24, 2.45) is 0 Å². The molecule has 0 radical (unpaired) electrons. The first-order chi connectivity index (χ1) is 10.7. The van der Waals surface area contributed by atoms with Gasteiger partial charge in [-0.3, -0.25) is 0 Å². The van der Waals surface area contributed by atoms with Gasteiger partial charge in [0.25, 0.3) is 0 Å². The zero-order valence-electron chi connectivity index (χ0n) is 12.4. The Bertz CT molecular complexity index is 707. The Hall–Kier alpha value is -1.52. The molecule has 0 aliphatic heterocycles. The molecular weight excluding hydrogens is 323 g/mol. The van der Waals surface area contributed by atoms with E-state index >= 15 is 0 Å². The highest BCUT2D eigenvalue weighted by molar-refractivity contribution is 6.42. The molecule has 1 heterocycles. The molecule has 0 saturated heterocycles. The lowest BCUT2D eigenvalue weighted by Gasteiger charge is -2.17. The molecule has 4 nitrogen and oxygen atoms in total. The first-order valence-electron chi connectivity index (χ1n) is 7.13. The summed E-state index contributed by atoms with van der Waals surface area (Å²) in [5.41, 5.74) is 2.98. The quantitative estimate of drug-likeness (QED) is 0.842. The minimum absolute atomic E-state index is 0.159. The number of ether oxygens (including phenoxy) is 2. The maximum atomic E-state index is 6.42. The molecule has 0 amide bonds. The Kier molecular flexibility index (Phi) is 4.41. The Labute approximate surface area is 139 Å². The van der Waals surface area contributed by atoms with Crippen molar-refractivity contribution in [3.63, 3.8) is 0 Å². The summed E-state index contributed by atoms with van der Waals surface area (Å²) >= 11 is 12.6. The zero-order chi connectivity index (χ0) is 15.7. The van der Waals surface area contributed by atoms with Crippen LogP contribution in [0.1, 0.15) is 29.7 Å². The molecule has 6 heteroatoms. The van der Waals surface area contributed by atoms with Crippen molar-refractivity contribution in [2.75, 3.05) is 13.7 Å². The first kappa shape index (κ1) is 15.4. The lowest BCUT2D eigenvalue weighted by molar-refractivity contribution is 0.322. The number of methoxy groups -OCH3 is 1. The number of fused-ring (bicyclic) bond motifs is 1. The van der Waals surface area contributed by atoms with Crippen LogP contribution in [0, 0.1) is 0 Å². The third-order valence-corrected chi connectivity index (χ3v) is 4.71. The van der Waals surface area contributed by atoms with Crippen LogP contribution >= 0.6 is 23.2 Å². The average molecular weight is 339 g/mol. The van der Waals surface area contributed by atoms with Crippen LogP contribution in [-0.4, -0.2) is 23.7 Å². The van der Waals surface area contributed by atoms with Gasteiger partial charge in [0.2, 0.25) is 5.88 Å². The highest BCUT2D eigenvalue weighted by atomic mass is 35.5. The van der Waals surface area contributed by atoms with Crippen LogP contribution in [0.5, 0.6) is 11.6 Å². The molecule has 22 heavy (non-hydrogen) atoms. The fourth-order valence-electron chi connectivity index (χ4n) is 2.94. The lowest BCUT2D eigenvalue weighted by Crippen LogP contribution is -2.03. The van der Waals surface area contributed by atoms with Crippen molar-refractivity contribution in [2.45, 2.75) is 25.7 Å². The highest BCUT2D eigenvalue weighted by Crippen LogP contribution is 2.44. The number of nitrogens with zero attached hydrogens (tertiary/aromatic N) is 2. The summed E-state index contributed by atoms with van der Waals surface area (Å²) in [6, 6.07) is 3.60.